The summed E-state index contributed by atoms with van der Waals surface area (Å²) in [5.74, 6) is 0.506. The van der Waals surface area contributed by atoms with E-state index in [-0.39, 0.29) is 18.7 Å². The van der Waals surface area contributed by atoms with Gasteiger partial charge in [-0.2, -0.15) is 0 Å². The van der Waals surface area contributed by atoms with Gasteiger partial charge in [-0.1, -0.05) is 48.0 Å². The van der Waals surface area contributed by atoms with Crippen molar-refractivity contribution in [3.05, 3.63) is 112 Å². The predicted octanol–water partition coefficient (Wildman–Crippen LogP) is 6.64. The molecule has 6 rings (SSSR count). The molecule has 1 atom stereocenters. The average Bonchev–Trinajstić information content (AvgIpc) is 3.30. The number of rotatable bonds is 9. The fourth-order valence-electron chi connectivity index (χ4n) is 4.81. The van der Waals surface area contributed by atoms with Crippen LogP contribution in [0.15, 0.2) is 78.9 Å². The van der Waals surface area contributed by atoms with Gasteiger partial charge in [0.1, 0.15) is 18.2 Å². The van der Waals surface area contributed by atoms with E-state index < -0.39 is 5.82 Å². The number of nitrogens with zero attached hydrogens (tertiary/aromatic N) is 3. The highest BCUT2D eigenvalue weighted by atomic mass is 35.5. The number of fused-ring (bicyclic) bond motifs is 1. The summed E-state index contributed by atoms with van der Waals surface area (Å²) in [6.45, 7) is 1.48. The molecule has 2 aromatic heterocycles. The Morgan fingerprint density at radius 1 is 1.07 bits per heavy atom. The number of carbonyl (C=O) groups is 1. The average molecular weight is 572 g/mol. The molecule has 3 heterocycles. The predicted molar refractivity (Wildman–Crippen MR) is 154 cm³/mol. The third-order valence-electron chi connectivity index (χ3n) is 7.15. The molecule has 1 aliphatic heterocycles. The molecular formula is C32H27ClFN3O4. The molecule has 1 unspecified atom stereocenters. The number of halogens is 2. The molecule has 0 N–H and O–H groups in total. The summed E-state index contributed by atoms with van der Waals surface area (Å²) in [4.78, 5) is 21.6. The monoisotopic (exact) mass is 571 g/mol. The van der Waals surface area contributed by atoms with Gasteiger partial charge in [-0.15, -0.1) is 0 Å². The minimum absolute atomic E-state index is 0.0480. The van der Waals surface area contributed by atoms with E-state index in [9.17, 15) is 9.18 Å². The van der Waals surface area contributed by atoms with Gasteiger partial charge >= 0.3 is 5.97 Å². The molecule has 9 heteroatoms. The normalized spacial score (nSPS) is 14.6. The van der Waals surface area contributed by atoms with Crippen molar-refractivity contribution in [2.24, 2.45) is 0 Å². The first-order valence-electron chi connectivity index (χ1n) is 13.3. The standard InChI is InChI=1S/C32H27ClFN3O4/c1-39-32(38)22-10-12-28-29(16-22)37(18-25-13-14-40-25)30(35-28)15-20-5-7-21(8-6-20)27-3-2-4-31(36-27)41-19-23-9-11-24(33)17-26(23)34/h2-12,16-17,25H,13-15,18-19H2,1H3. The molecule has 3 aromatic carbocycles. The van der Waals surface area contributed by atoms with Crippen LogP contribution in [0.25, 0.3) is 22.3 Å². The van der Waals surface area contributed by atoms with Crippen LogP contribution < -0.4 is 4.74 Å². The van der Waals surface area contributed by atoms with E-state index in [1.165, 1.54) is 13.2 Å². The van der Waals surface area contributed by atoms with E-state index in [2.05, 4.69) is 21.7 Å². The molecule has 0 radical (unpaired) electrons. The van der Waals surface area contributed by atoms with Gasteiger partial charge in [0, 0.05) is 35.2 Å². The van der Waals surface area contributed by atoms with Crippen molar-refractivity contribution in [3.63, 3.8) is 0 Å². The van der Waals surface area contributed by atoms with Crippen LogP contribution in [0, 0.1) is 5.82 Å². The van der Waals surface area contributed by atoms with E-state index in [1.54, 1.807) is 24.3 Å². The van der Waals surface area contributed by atoms with Crippen molar-refractivity contribution in [3.8, 4) is 17.1 Å². The Bertz CT molecular complexity index is 1720. The molecule has 0 amide bonds. The third-order valence-corrected chi connectivity index (χ3v) is 7.39. The Morgan fingerprint density at radius 2 is 1.90 bits per heavy atom. The van der Waals surface area contributed by atoms with Crippen LogP contribution in [0.4, 0.5) is 4.39 Å². The summed E-state index contributed by atoms with van der Waals surface area (Å²) in [6.07, 6.45) is 1.74. The zero-order valence-electron chi connectivity index (χ0n) is 22.3. The number of hydrogen-bond donors (Lipinski definition) is 0. The Morgan fingerprint density at radius 3 is 2.63 bits per heavy atom. The first-order chi connectivity index (χ1) is 20.0. The number of imidazole rings is 1. The molecule has 0 aliphatic carbocycles. The topological polar surface area (TPSA) is 75.5 Å². The number of ether oxygens (including phenoxy) is 3. The van der Waals surface area contributed by atoms with Gasteiger partial charge in [0.15, 0.2) is 0 Å². The van der Waals surface area contributed by atoms with Crippen molar-refractivity contribution >= 4 is 28.6 Å². The third kappa shape index (κ3) is 5.94. The highest BCUT2D eigenvalue weighted by Crippen LogP contribution is 2.26. The molecule has 0 spiro atoms. The second-order valence-corrected chi connectivity index (χ2v) is 10.3. The number of benzene rings is 3. The molecule has 208 valence electrons. The van der Waals surface area contributed by atoms with E-state index in [1.807, 2.05) is 36.4 Å². The molecule has 1 fully saturated rings. The second kappa shape index (κ2) is 11.7. The van der Waals surface area contributed by atoms with Gasteiger partial charge < -0.3 is 18.8 Å². The minimum Gasteiger partial charge on any atom is -0.473 e. The van der Waals surface area contributed by atoms with Crippen LogP contribution in [0.1, 0.15) is 33.7 Å². The van der Waals surface area contributed by atoms with Gasteiger partial charge in [-0.05, 0) is 48.4 Å². The lowest BCUT2D eigenvalue weighted by molar-refractivity contribution is -0.0589. The Balaban J connectivity index is 1.20. The molecule has 0 saturated carbocycles. The lowest BCUT2D eigenvalue weighted by Gasteiger charge is -2.27. The van der Waals surface area contributed by atoms with Crippen LogP contribution in [0.2, 0.25) is 5.02 Å². The quantitative estimate of drug-likeness (QED) is 0.185. The smallest absolute Gasteiger partial charge is 0.337 e. The second-order valence-electron chi connectivity index (χ2n) is 9.87. The van der Waals surface area contributed by atoms with Crippen LogP contribution in [0.5, 0.6) is 5.88 Å². The zero-order chi connectivity index (χ0) is 28.3. The van der Waals surface area contributed by atoms with Crippen LogP contribution in [-0.2, 0) is 29.0 Å². The fourth-order valence-corrected chi connectivity index (χ4v) is 4.97. The Hall–Kier alpha value is -4.27. The summed E-state index contributed by atoms with van der Waals surface area (Å²) in [7, 11) is 1.38. The first kappa shape index (κ1) is 26.9. The summed E-state index contributed by atoms with van der Waals surface area (Å²) >= 11 is 5.84. The van der Waals surface area contributed by atoms with Gasteiger partial charge in [-0.25, -0.2) is 19.2 Å². The van der Waals surface area contributed by atoms with E-state index >= 15 is 0 Å². The lowest BCUT2D eigenvalue weighted by atomic mass is 10.1. The number of aromatic nitrogens is 3. The van der Waals surface area contributed by atoms with Gasteiger partial charge in [0.2, 0.25) is 5.88 Å². The number of methoxy groups -OCH3 is 1. The summed E-state index contributed by atoms with van der Waals surface area (Å²) in [5, 5.41) is 0.340. The molecule has 0 bridgehead atoms. The largest absolute Gasteiger partial charge is 0.473 e. The van der Waals surface area contributed by atoms with E-state index in [4.69, 9.17) is 30.8 Å². The number of pyridine rings is 1. The molecule has 5 aromatic rings. The highest BCUT2D eigenvalue weighted by Gasteiger charge is 2.22. The van der Waals surface area contributed by atoms with Crippen LogP contribution >= 0.6 is 11.6 Å². The van der Waals surface area contributed by atoms with Crippen molar-refractivity contribution < 1.29 is 23.4 Å². The van der Waals surface area contributed by atoms with Gasteiger partial charge in [0.05, 0.1) is 42.0 Å². The van der Waals surface area contributed by atoms with E-state index in [0.29, 0.717) is 35.0 Å². The summed E-state index contributed by atoms with van der Waals surface area (Å²) in [5.41, 5.74) is 5.36. The van der Waals surface area contributed by atoms with E-state index in [0.717, 1.165) is 46.7 Å². The molecule has 1 aliphatic rings. The van der Waals surface area contributed by atoms with Gasteiger partial charge in [-0.3, -0.25) is 0 Å². The number of esters is 1. The molecular weight excluding hydrogens is 545 g/mol. The van der Waals surface area contributed by atoms with Crippen molar-refractivity contribution in [2.45, 2.75) is 32.1 Å². The van der Waals surface area contributed by atoms with Gasteiger partial charge in [0.25, 0.3) is 0 Å². The maximum absolute atomic E-state index is 14.1. The van der Waals surface area contributed by atoms with Crippen molar-refractivity contribution in [1.29, 1.82) is 0 Å². The zero-order valence-corrected chi connectivity index (χ0v) is 23.1. The maximum atomic E-state index is 14.1. The first-order valence-corrected chi connectivity index (χ1v) is 13.7. The summed E-state index contributed by atoms with van der Waals surface area (Å²) < 4.78 is 32.6. The molecule has 41 heavy (non-hydrogen) atoms. The highest BCUT2D eigenvalue weighted by molar-refractivity contribution is 6.30. The number of carbonyl (C=O) groups excluding carboxylic acids is 1. The SMILES string of the molecule is COC(=O)c1ccc2nc(Cc3ccc(-c4cccc(OCc5ccc(Cl)cc5F)n4)cc3)n(CC3CCO3)c2c1. The lowest BCUT2D eigenvalue weighted by Crippen LogP contribution is -2.31. The Labute approximate surface area is 241 Å². The Kier molecular flexibility index (Phi) is 7.67. The molecule has 7 nitrogen and oxygen atoms in total. The summed E-state index contributed by atoms with van der Waals surface area (Å²) in [6, 6.07) is 23.6. The van der Waals surface area contributed by atoms with Crippen LogP contribution in [0.3, 0.4) is 0 Å². The van der Waals surface area contributed by atoms with Crippen molar-refractivity contribution in [1.82, 2.24) is 14.5 Å². The van der Waals surface area contributed by atoms with Crippen LogP contribution in [-0.4, -0.2) is 40.3 Å². The molecule has 1 saturated heterocycles. The fraction of sp³-hybridized carbons (Fsp3) is 0.219. The minimum atomic E-state index is -0.415. The maximum Gasteiger partial charge on any atom is 0.337 e. The number of hydrogen-bond acceptors (Lipinski definition) is 6. The van der Waals surface area contributed by atoms with Crippen molar-refractivity contribution in [2.75, 3.05) is 13.7 Å².